The van der Waals surface area contributed by atoms with Crippen molar-refractivity contribution in [2.75, 3.05) is 0 Å². The summed E-state index contributed by atoms with van der Waals surface area (Å²) in [7, 11) is -2.11. The maximum Gasteiger partial charge on any atom is 0.339 e. The number of carbonyl (C=O) groups excluding carboxylic acids is 1. The van der Waals surface area contributed by atoms with E-state index in [2.05, 4.69) is 4.98 Å². The van der Waals surface area contributed by atoms with Gasteiger partial charge in [0.2, 0.25) is 0 Å². The van der Waals surface area contributed by atoms with Crippen molar-refractivity contribution in [3.05, 3.63) is 54.4 Å². The van der Waals surface area contributed by atoms with E-state index >= 15 is 0 Å². The fraction of sp³-hybridized carbons (Fsp3) is 0.125. The summed E-state index contributed by atoms with van der Waals surface area (Å²) in [5.41, 5.74) is 1.96. The van der Waals surface area contributed by atoms with Crippen LogP contribution in [0, 0.1) is 0 Å². The molecule has 0 radical (unpaired) electrons. The molecular weight excluding hydrogens is 316 g/mol. The Labute approximate surface area is 133 Å². The molecular formula is C16H14N2O4S. The third-order valence-electron chi connectivity index (χ3n) is 3.45. The molecule has 0 amide bonds. The molecule has 7 heteroatoms. The lowest BCUT2D eigenvalue weighted by Crippen LogP contribution is -2.10. The van der Waals surface area contributed by atoms with Crippen LogP contribution in [-0.2, 0) is 17.2 Å². The summed E-state index contributed by atoms with van der Waals surface area (Å²) >= 11 is 0. The molecule has 3 rings (SSSR count). The van der Waals surface area contributed by atoms with Crippen molar-refractivity contribution < 1.29 is 17.4 Å². The number of benzene rings is 2. The molecule has 0 aliphatic carbocycles. The summed E-state index contributed by atoms with van der Waals surface area (Å²) in [6.45, 7) is 1.42. The Hall–Kier alpha value is -2.67. The first-order valence-electron chi connectivity index (χ1n) is 6.83. The lowest BCUT2D eigenvalue weighted by atomic mass is 10.2. The van der Waals surface area contributed by atoms with Gasteiger partial charge in [-0.05, 0) is 31.2 Å². The SMILES string of the molecule is CC(=O)c1ccc(S(=O)(=O)Oc2ccc3c(c2)ncn3C)cc1. The highest BCUT2D eigenvalue weighted by Crippen LogP contribution is 2.23. The fourth-order valence-electron chi connectivity index (χ4n) is 2.20. The van der Waals surface area contributed by atoms with Crippen LogP contribution < -0.4 is 4.18 Å². The minimum atomic E-state index is -3.96. The largest absolute Gasteiger partial charge is 0.379 e. The molecule has 0 atom stereocenters. The Morgan fingerprint density at radius 3 is 2.48 bits per heavy atom. The van der Waals surface area contributed by atoms with E-state index in [1.165, 1.54) is 31.2 Å². The van der Waals surface area contributed by atoms with Gasteiger partial charge in [-0.3, -0.25) is 4.79 Å². The van der Waals surface area contributed by atoms with Gasteiger partial charge in [-0.1, -0.05) is 12.1 Å². The van der Waals surface area contributed by atoms with Crippen LogP contribution in [-0.4, -0.2) is 23.8 Å². The van der Waals surface area contributed by atoms with Crippen molar-refractivity contribution in [2.24, 2.45) is 7.05 Å². The number of hydrogen-bond donors (Lipinski definition) is 0. The van der Waals surface area contributed by atoms with Crippen LogP contribution in [0.25, 0.3) is 11.0 Å². The molecule has 6 nitrogen and oxygen atoms in total. The zero-order valence-corrected chi connectivity index (χ0v) is 13.4. The molecule has 2 aromatic carbocycles. The van der Waals surface area contributed by atoms with Crippen LogP contribution in [0.5, 0.6) is 5.75 Å². The van der Waals surface area contributed by atoms with Gasteiger partial charge >= 0.3 is 10.1 Å². The Bertz CT molecular complexity index is 989. The predicted molar refractivity (Wildman–Crippen MR) is 85.0 cm³/mol. The average Bonchev–Trinajstić information content (AvgIpc) is 2.88. The van der Waals surface area contributed by atoms with Crippen molar-refractivity contribution >= 4 is 26.9 Å². The molecule has 0 aliphatic rings. The maximum atomic E-state index is 12.3. The number of fused-ring (bicyclic) bond motifs is 1. The molecule has 0 bridgehead atoms. The molecule has 3 aromatic rings. The maximum absolute atomic E-state index is 12.3. The first-order valence-corrected chi connectivity index (χ1v) is 8.24. The van der Waals surface area contributed by atoms with E-state index in [0.717, 1.165) is 5.52 Å². The van der Waals surface area contributed by atoms with Gasteiger partial charge in [0.15, 0.2) is 5.78 Å². The molecule has 0 aliphatic heterocycles. The average molecular weight is 330 g/mol. The minimum Gasteiger partial charge on any atom is -0.379 e. The van der Waals surface area contributed by atoms with Crippen LogP contribution in [0.4, 0.5) is 0 Å². The van der Waals surface area contributed by atoms with Crippen molar-refractivity contribution in [2.45, 2.75) is 11.8 Å². The van der Waals surface area contributed by atoms with Gasteiger partial charge in [-0.15, -0.1) is 0 Å². The Morgan fingerprint density at radius 1 is 1.13 bits per heavy atom. The van der Waals surface area contributed by atoms with Crippen LogP contribution in [0.3, 0.4) is 0 Å². The number of ketones is 1. The summed E-state index contributed by atoms with van der Waals surface area (Å²) in [4.78, 5) is 15.4. The molecule has 0 saturated carbocycles. The summed E-state index contributed by atoms with van der Waals surface area (Å²) in [6.07, 6.45) is 1.64. The molecule has 118 valence electrons. The fourth-order valence-corrected chi connectivity index (χ4v) is 3.12. The Morgan fingerprint density at radius 2 is 1.83 bits per heavy atom. The first kappa shape index (κ1) is 15.2. The molecule has 0 saturated heterocycles. The number of carbonyl (C=O) groups is 1. The number of Topliss-reactive ketones (excluding diaryl/α,β-unsaturated/α-hetero) is 1. The number of hydrogen-bond acceptors (Lipinski definition) is 5. The molecule has 0 N–H and O–H groups in total. The van der Waals surface area contributed by atoms with Crippen molar-refractivity contribution in [3.63, 3.8) is 0 Å². The van der Waals surface area contributed by atoms with Gasteiger partial charge in [0.25, 0.3) is 0 Å². The van der Waals surface area contributed by atoms with E-state index in [1.807, 2.05) is 11.6 Å². The van der Waals surface area contributed by atoms with Gasteiger partial charge in [0.1, 0.15) is 10.6 Å². The molecule has 1 aromatic heterocycles. The monoisotopic (exact) mass is 330 g/mol. The normalized spacial score (nSPS) is 11.6. The van der Waals surface area contributed by atoms with Crippen LogP contribution >= 0.6 is 0 Å². The second-order valence-electron chi connectivity index (χ2n) is 5.12. The standard InChI is InChI=1S/C16H14N2O4S/c1-11(19)12-3-6-14(7-4-12)23(20,21)22-13-5-8-16-15(9-13)17-10-18(16)2/h3-10H,1-2H3. The first-order chi connectivity index (χ1) is 10.9. The van der Waals surface area contributed by atoms with E-state index in [4.69, 9.17) is 4.18 Å². The van der Waals surface area contributed by atoms with E-state index in [-0.39, 0.29) is 16.4 Å². The predicted octanol–water partition coefficient (Wildman–Crippen LogP) is 2.54. The second-order valence-corrected chi connectivity index (χ2v) is 6.67. The number of aromatic nitrogens is 2. The number of imidazole rings is 1. The molecule has 0 spiro atoms. The quantitative estimate of drug-likeness (QED) is 0.542. The van der Waals surface area contributed by atoms with Gasteiger partial charge in [0.05, 0.1) is 17.4 Å². The molecule has 0 fully saturated rings. The van der Waals surface area contributed by atoms with E-state index in [1.54, 1.807) is 24.5 Å². The zero-order valence-electron chi connectivity index (χ0n) is 12.6. The third-order valence-corrected chi connectivity index (χ3v) is 4.71. The zero-order chi connectivity index (χ0) is 16.6. The van der Waals surface area contributed by atoms with E-state index < -0.39 is 10.1 Å². The third kappa shape index (κ3) is 2.95. The minimum absolute atomic E-state index is 0.0105. The highest BCUT2D eigenvalue weighted by atomic mass is 32.2. The summed E-state index contributed by atoms with van der Waals surface area (Å²) in [6, 6.07) is 10.5. The summed E-state index contributed by atoms with van der Waals surface area (Å²) < 4.78 is 31.6. The Balaban J connectivity index is 1.91. The van der Waals surface area contributed by atoms with Crippen molar-refractivity contribution in [1.29, 1.82) is 0 Å². The topological polar surface area (TPSA) is 78.3 Å². The molecule has 1 heterocycles. The summed E-state index contributed by atoms with van der Waals surface area (Å²) in [5, 5.41) is 0. The number of nitrogens with zero attached hydrogens (tertiary/aromatic N) is 2. The van der Waals surface area contributed by atoms with Crippen LogP contribution in [0.2, 0.25) is 0 Å². The second kappa shape index (κ2) is 5.51. The van der Waals surface area contributed by atoms with Crippen LogP contribution in [0.15, 0.2) is 53.7 Å². The van der Waals surface area contributed by atoms with E-state index in [9.17, 15) is 13.2 Å². The van der Waals surface area contributed by atoms with Crippen molar-refractivity contribution in [3.8, 4) is 5.75 Å². The molecule has 0 unspecified atom stereocenters. The van der Waals surface area contributed by atoms with Gasteiger partial charge in [0, 0.05) is 18.7 Å². The smallest absolute Gasteiger partial charge is 0.339 e. The van der Waals surface area contributed by atoms with Crippen molar-refractivity contribution in [1.82, 2.24) is 9.55 Å². The van der Waals surface area contributed by atoms with Crippen LogP contribution in [0.1, 0.15) is 17.3 Å². The highest BCUT2D eigenvalue weighted by Gasteiger charge is 2.17. The van der Waals surface area contributed by atoms with E-state index in [0.29, 0.717) is 11.1 Å². The van der Waals surface area contributed by atoms with Gasteiger partial charge in [-0.2, -0.15) is 8.42 Å². The summed E-state index contributed by atoms with van der Waals surface area (Å²) in [5.74, 6) is 0.0577. The highest BCUT2D eigenvalue weighted by molar-refractivity contribution is 7.87. The van der Waals surface area contributed by atoms with Gasteiger partial charge < -0.3 is 8.75 Å². The number of rotatable bonds is 4. The van der Waals surface area contributed by atoms with Gasteiger partial charge in [-0.25, -0.2) is 4.98 Å². The number of aryl methyl sites for hydroxylation is 1. The lowest BCUT2D eigenvalue weighted by molar-refractivity contribution is 0.101. The lowest BCUT2D eigenvalue weighted by Gasteiger charge is -2.07. The molecule has 23 heavy (non-hydrogen) atoms. The Kier molecular flexibility index (Phi) is 3.65.